The van der Waals surface area contributed by atoms with E-state index in [9.17, 15) is 4.79 Å². The largest absolute Gasteiger partial charge is 0.504 e. The van der Waals surface area contributed by atoms with E-state index in [1.54, 1.807) is 0 Å². The second kappa shape index (κ2) is 10.9. The van der Waals surface area contributed by atoms with E-state index < -0.39 is 8.80 Å². The average molecular weight is 402 g/mol. The third-order valence-electron chi connectivity index (χ3n) is 5.76. The van der Waals surface area contributed by atoms with E-state index in [1.807, 2.05) is 20.8 Å². The Labute approximate surface area is 165 Å². The van der Waals surface area contributed by atoms with Gasteiger partial charge in [0.15, 0.2) is 0 Å². The molecule has 8 heteroatoms. The molecule has 2 saturated carbocycles. The molecule has 0 heterocycles. The van der Waals surface area contributed by atoms with Gasteiger partial charge >= 0.3 is 8.80 Å². The maximum absolute atomic E-state index is 12.7. The first kappa shape index (κ1) is 22.8. The third kappa shape index (κ3) is 6.23. The fourth-order valence-corrected chi connectivity index (χ4v) is 7.82. The number of hydrogen-bond donors (Lipinski definition) is 3. The van der Waals surface area contributed by atoms with Crippen LogP contribution in [0.5, 0.6) is 0 Å². The molecule has 0 radical (unpaired) electrons. The molecule has 2 aliphatic rings. The Morgan fingerprint density at radius 1 is 0.889 bits per heavy atom. The molecule has 0 aliphatic heterocycles. The highest BCUT2D eigenvalue weighted by atomic mass is 28.4. The summed E-state index contributed by atoms with van der Waals surface area (Å²) in [6.07, 6.45) is 6.08. The first-order valence-corrected chi connectivity index (χ1v) is 12.5. The average Bonchev–Trinajstić information content (AvgIpc) is 2.62. The van der Waals surface area contributed by atoms with Gasteiger partial charge in [0, 0.05) is 49.4 Å². The SMILES string of the molecule is CCO[Si](OCC)(OCC)C1CCC(NC(=O)C2CC(N)CC(N)C2)CC1. The number of hydrogen-bond acceptors (Lipinski definition) is 6. The monoisotopic (exact) mass is 401 g/mol. The highest BCUT2D eigenvalue weighted by Gasteiger charge is 2.50. The van der Waals surface area contributed by atoms with Crippen LogP contribution in [0.4, 0.5) is 0 Å². The molecule has 2 fully saturated rings. The highest BCUT2D eigenvalue weighted by molar-refractivity contribution is 6.62. The zero-order valence-electron chi connectivity index (χ0n) is 17.2. The minimum atomic E-state index is -2.66. The smallest absolute Gasteiger partial charge is 0.374 e. The fraction of sp³-hybridized carbons (Fsp3) is 0.947. The van der Waals surface area contributed by atoms with Gasteiger partial charge in [0.05, 0.1) is 0 Å². The van der Waals surface area contributed by atoms with Gasteiger partial charge in [-0.1, -0.05) is 0 Å². The van der Waals surface area contributed by atoms with E-state index in [2.05, 4.69) is 5.32 Å². The van der Waals surface area contributed by atoms with Crippen LogP contribution < -0.4 is 16.8 Å². The van der Waals surface area contributed by atoms with Crippen LogP contribution in [0.1, 0.15) is 65.7 Å². The minimum Gasteiger partial charge on any atom is -0.374 e. The molecule has 2 rings (SSSR count). The predicted molar refractivity (Wildman–Crippen MR) is 108 cm³/mol. The number of amides is 1. The van der Waals surface area contributed by atoms with Crippen molar-refractivity contribution in [1.82, 2.24) is 5.32 Å². The number of nitrogens with one attached hydrogen (secondary N) is 1. The Hall–Kier alpha value is -0.513. The molecule has 2 unspecified atom stereocenters. The van der Waals surface area contributed by atoms with Gasteiger partial charge < -0.3 is 30.1 Å². The quantitative estimate of drug-likeness (QED) is 0.509. The van der Waals surface area contributed by atoms with Crippen LogP contribution in [0.3, 0.4) is 0 Å². The fourth-order valence-electron chi connectivity index (χ4n) is 4.61. The summed E-state index contributed by atoms with van der Waals surface area (Å²) in [5.41, 5.74) is 12.4. The first-order chi connectivity index (χ1) is 12.9. The molecule has 7 nitrogen and oxygen atoms in total. The van der Waals surface area contributed by atoms with Crippen LogP contribution in [0.25, 0.3) is 0 Å². The maximum Gasteiger partial charge on any atom is 0.504 e. The zero-order valence-corrected chi connectivity index (χ0v) is 18.2. The lowest BCUT2D eigenvalue weighted by atomic mass is 9.82. The number of rotatable bonds is 9. The predicted octanol–water partition coefficient (Wildman–Crippen LogP) is 1.92. The second-order valence-electron chi connectivity index (χ2n) is 7.88. The standard InChI is InChI=1S/C19H39N3O4Si/c1-4-24-27(25-5-2,26-6-3)18-9-7-17(8-10-18)22-19(23)14-11-15(20)13-16(21)12-14/h14-18H,4-13,20-21H2,1-3H3,(H,22,23). The van der Waals surface area contributed by atoms with Crippen LogP contribution in [0, 0.1) is 5.92 Å². The lowest BCUT2D eigenvalue weighted by Gasteiger charge is -2.39. The highest BCUT2D eigenvalue weighted by Crippen LogP contribution is 2.39. The van der Waals surface area contributed by atoms with Crippen molar-refractivity contribution in [2.24, 2.45) is 17.4 Å². The summed E-state index contributed by atoms with van der Waals surface area (Å²) in [6.45, 7) is 7.78. The summed E-state index contributed by atoms with van der Waals surface area (Å²) in [5.74, 6) is 0.0668. The summed E-state index contributed by atoms with van der Waals surface area (Å²) in [6, 6.07) is 0.283. The first-order valence-electron chi connectivity index (χ1n) is 10.7. The van der Waals surface area contributed by atoms with Crippen molar-refractivity contribution >= 4 is 14.7 Å². The molecule has 0 aromatic heterocycles. The van der Waals surface area contributed by atoms with E-state index in [-0.39, 0.29) is 30.0 Å². The Bertz CT molecular complexity index is 433. The van der Waals surface area contributed by atoms with Gasteiger partial charge in [-0.25, -0.2) is 0 Å². The van der Waals surface area contributed by atoms with Crippen molar-refractivity contribution in [2.45, 2.75) is 89.4 Å². The molecular weight excluding hydrogens is 362 g/mol. The summed E-state index contributed by atoms with van der Waals surface area (Å²) in [5, 5.41) is 3.24. The van der Waals surface area contributed by atoms with E-state index in [0.29, 0.717) is 25.4 Å². The molecule has 1 amide bonds. The Balaban J connectivity index is 1.88. The number of carbonyl (C=O) groups excluding carboxylic acids is 1. The lowest BCUT2D eigenvalue weighted by molar-refractivity contribution is -0.127. The van der Waals surface area contributed by atoms with Crippen molar-refractivity contribution in [1.29, 1.82) is 0 Å². The summed E-state index contributed by atoms with van der Waals surface area (Å²) < 4.78 is 18.2. The number of nitrogens with two attached hydrogens (primary N) is 2. The molecule has 0 spiro atoms. The van der Waals surface area contributed by atoms with Crippen LogP contribution in [0.2, 0.25) is 5.54 Å². The third-order valence-corrected chi connectivity index (χ3v) is 9.41. The van der Waals surface area contributed by atoms with Gasteiger partial charge in [-0.3, -0.25) is 4.79 Å². The molecule has 27 heavy (non-hydrogen) atoms. The number of carbonyl (C=O) groups is 1. The summed E-state index contributed by atoms with van der Waals surface area (Å²) >= 11 is 0. The molecule has 0 bridgehead atoms. The topological polar surface area (TPSA) is 109 Å². The van der Waals surface area contributed by atoms with Crippen LogP contribution in [-0.4, -0.2) is 52.7 Å². The van der Waals surface area contributed by atoms with Gasteiger partial charge in [0.25, 0.3) is 0 Å². The maximum atomic E-state index is 12.7. The lowest BCUT2D eigenvalue weighted by Crippen LogP contribution is -2.53. The molecular formula is C19H39N3O4Si. The van der Waals surface area contributed by atoms with E-state index >= 15 is 0 Å². The van der Waals surface area contributed by atoms with Crippen molar-refractivity contribution in [3.8, 4) is 0 Å². The molecule has 0 saturated heterocycles. The van der Waals surface area contributed by atoms with Gasteiger partial charge in [-0.2, -0.15) is 0 Å². The van der Waals surface area contributed by atoms with Crippen molar-refractivity contribution in [3.05, 3.63) is 0 Å². The Kier molecular flexibility index (Phi) is 9.17. The van der Waals surface area contributed by atoms with Crippen molar-refractivity contribution in [3.63, 3.8) is 0 Å². The Morgan fingerprint density at radius 3 is 1.81 bits per heavy atom. The van der Waals surface area contributed by atoms with E-state index in [4.69, 9.17) is 24.7 Å². The van der Waals surface area contributed by atoms with Crippen molar-refractivity contribution < 1.29 is 18.1 Å². The van der Waals surface area contributed by atoms with Crippen molar-refractivity contribution in [2.75, 3.05) is 19.8 Å². The van der Waals surface area contributed by atoms with Crippen LogP contribution >= 0.6 is 0 Å². The molecule has 0 aromatic carbocycles. The Morgan fingerprint density at radius 2 is 1.37 bits per heavy atom. The zero-order chi connectivity index (χ0) is 19.9. The normalized spacial score (nSPS) is 32.3. The molecule has 5 N–H and O–H groups in total. The van der Waals surface area contributed by atoms with Gasteiger partial charge in [0.1, 0.15) is 0 Å². The minimum absolute atomic E-state index is 0.0374. The van der Waals surface area contributed by atoms with Gasteiger partial charge in [-0.15, -0.1) is 0 Å². The van der Waals surface area contributed by atoms with Crippen LogP contribution in [-0.2, 0) is 18.1 Å². The molecule has 2 aliphatic carbocycles. The molecule has 158 valence electrons. The molecule has 2 atom stereocenters. The summed E-state index contributed by atoms with van der Waals surface area (Å²) in [4.78, 5) is 12.7. The van der Waals surface area contributed by atoms with Gasteiger partial charge in [-0.05, 0) is 65.7 Å². The van der Waals surface area contributed by atoms with Crippen LogP contribution in [0.15, 0.2) is 0 Å². The van der Waals surface area contributed by atoms with Gasteiger partial charge in [0.2, 0.25) is 5.91 Å². The van der Waals surface area contributed by atoms with E-state index in [0.717, 1.165) is 44.9 Å². The molecule has 0 aromatic rings. The second-order valence-corrected chi connectivity index (χ2v) is 10.8. The summed E-state index contributed by atoms with van der Waals surface area (Å²) in [7, 11) is -2.66. The van der Waals surface area contributed by atoms with E-state index in [1.165, 1.54) is 0 Å².